The zero-order valence-electron chi connectivity index (χ0n) is 21.1. The molecule has 2 saturated heterocycles. The fourth-order valence-electron chi connectivity index (χ4n) is 7.27. The number of rotatable bonds is 8. The molecule has 6 rings (SSSR count). The van der Waals surface area contributed by atoms with E-state index in [2.05, 4.69) is 6.92 Å². The van der Waals surface area contributed by atoms with Gasteiger partial charge in [-0.1, -0.05) is 48.7 Å². The monoisotopic (exact) mass is 546 g/mol. The second-order valence-corrected chi connectivity index (χ2v) is 13.0. The Kier molecular flexibility index (Phi) is 6.01. The standard InChI is InChI=1S/C28H31ClO7S/c1-4-5-13-28(34-26(30)17-7-6-8-18(29)14-17)23-21-15-20-22(23)27(3,36-28)33-24(20)25(21)35-37(31,32)19-11-9-16(2)10-12-19/h6-12,14,20-25H,4-5,13,15H2,1-3H3/t20-,21+,22-,23+,24+,25+,27+,28+/m1/s1. The molecule has 2 heterocycles. The van der Waals surface area contributed by atoms with E-state index >= 15 is 0 Å². The van der Waals surface area contributed by atoms with E-state index in [1.54, 1.807) is 48.5 Å². The van der Waals surface area contributed by atoms with Gasteiger partial charge in [0.25, 0.3) is 10.1 Å². The van der Waals surface area contributed by atoms with Crippen molar-refractivity contribution in [1.29, 1.82) is 0 Å². The third-order valence-electron chi connectivity index (χ3n) is 8.63. The van der Waals surface area contributed by atoms with E-state index in [4.69, 9.17) is 30.0 Å². The molecule has 9 heteroatoms. The van der Waals surface area contributed by atoms with Gasteiger partial charge in [-0.15, -0.1) is 0 Å². The van der Waals surface area contributed by atoms with Gasteiger partial charge in [0.1, 0.15) is 6.10 Å². The average molecular weight is 547 g/mol. The van der Waals surface area contributed by atoms with E-state index < -0.39 is 33.8 Å². The summed E-state index contributed by atoms with van der Waals surface area (Å²) in [5, 5.41) is 0.439. The highest BCUT2D eigenvalue weighted by molar-refractivity contribution is 7.86. The Labute approximate surface area is 222 Å². The van der Waals surface area contributed by atoms with E-state index in [0.29, 0.717) is 17.0 Å². The number of hydrogen-bond donors (Lipinski definition) is 0. The molecule has 0 spiro atoms. The fourth-order valence-corrected chi connectivity index (χ4v) is 8.59. The maximum absolute atomic E-state index is 13.3. The molecule has 2 saturated carbocycles. The van der Waals surface area contributed by atoms with Gasteiger partial charge >= 0.3 is 5.97 Å². The molecule has 8 atom stereocenters. The summed E-state index contributed by atoms with van der Waals surface area (Å²) in [6.07, 6.45) is 1.83. The Balaban J connectivity index is 1.34. The van der Waals surface area contributed by atoms with Crippen LogP contribution in [-0.4, -0.2) is 38.2 Å². The van der Waals surface area contributed by atoms with Crippen molar-refractivity contribution < 1.29 is 31.6 Å². The summed E-state index contributed by atoms with van der Waals surface area (Å²) in [5.41, 5.74) is 1.30. The zero-order chi connectivity index (χ0) is 26.2. The van der Waals surface area contributed by atoms with Crippen LogP contribution in [0.2, 0.25) is 5.02 Å². The molecule has 7 nitrogen and oxygen atoms in total. The summed E-state index contributed by atoms with van der Waals surface area (Å²) >= 11 is 6.12. The highest BCUT2D eigenvalue weighted by atomic mass is 35.5. The largest absolute Gasteiger partial charge is 0.429 e. The van der Waals surface area contributed by atoms with Crippen LogP contribution in [0.3, 0.4) is 0 Å². The van der Waals surface area contributed by atoms with E-state index in [1.165, 1.54) is 0 Å². The van der Waals surface area contributed by atoms with E-state index in [9.17, 15) is 13.2 Å². The fraction of sp³-hybridized carbons (Fsp3) is 0.536. The molecule has 0 amide bonds. The van der Waals surface area contributed by atoms with Crippen LogP contribution in [-0.2, 0) is 28.5 Å². The number of ether oxygens (including phenoxy) is 3. The molecule has 2 bridgehead atoms. The number of benzene rings is 2. The Morgan fingerprint density at radius 3 is 2.59 bits per heavy atom. The Bertz CT molecular complexity index is 1330. The van der Waals surface area contributed by atoms with Crippen molar-refractivity contribution in [1.82, 2.24) is 0 Å². The summed E-state index contributed by atoms with van der Waals surface area (Å²) in [5.74, 6) is -3.11. The van der Waals surface area contributed by atoms with Crippen LogP contribution in [0.15, 0.2) is 53.4 Å². The average Bonchev–Trinajstić information content (AvgIpc) is 3.52. The zero-order valence-corrected chi connectivity index (χ0v) is 22.6. The predicted octanol–water partition coefficient (Wildman–Crippen LogP) is 5.49. The van der Waals surface area contributed by atoms with Crippen LogP contribution in [0.25, 0.3) is 0 Å². The first-order valence-corrected chi connectivity index (χ1v) is 14.7. The lowest BCUT2D eigenvalue weighted by atomic mass is 9.72. The smallest absolute Gasteiger partial charge is 0.340 e. The highest BCUT2D eigenvalue weighted by Gasteiger charge is 2.80. The van der Waals surface area contributed by atoms with Crippen molar-refractivity contribution in [3.8, 4) is 0 Å². The minimum absolute atomic E-state index is 0.00607. The SMILES string of the molecule is CCCC[C@]1(OC(=O)c2cccc(Cl)c2)O[C@]2(C)O[C@H]3[C@@H]4C[C@H]([C@@H]3OS(=O)(=O)c3ccc(C)cc3)[C@H]1[C@@H]42. The van der Waals surface area contributed by atoms with Gasteiger partial charge < -0.3 is 14.2 Å². The maximum atomic E-state index is 13.3. The number of fused-ring (bicyclic) bond motifs is 2. The van der Waals surface area contributed by atoms with Crippen molar-refractivity contribution in [2.45, 2.75) is 75.1 Å². The predicted molar refractivity (Wildman–Crippen MR) is 135 cm³/mol. The Morgan fingerprint density at radius 2 is 1.89 bits per heavy atom. The third-order valence-corrected chi connectivity index (χ3v) is 10.2. The molecular weight excluding hydrogens is 516 g/mol. The molecule has 2 aromatic carbocycles. The van der Waals surface area contributed by atoms with Crippen LogP contribution in [0, 0.1) is 30.6 Å². The Hall–Kier alpha value is -1.97. The number of hydrogen-bond acceptors (Lipinski definition) is 7. The molecule has 2 aromatic rings. The van der Waals surface area contributed by atoms with Gasteiger partial charge in [0, 0.05) is 23.3 Å². The Morgan fingerprint density at radius 1 is 1.14 bits per heavy atom. The van der Waals surface area contributed by atoms with Crippen LogP contribution >= 0.6 is 11.6 Å². The number of halogens is 1. The minimum atomic E-state index is -4.01. The van der Waals surface area contributed by atoms with Crippen LogP contribution < -0.4 is 0 Å². The second-order valence-electron chi connectivity index (χ2n) is 11.0. The summed E-state index contributed by atoms with van der Waals surface area (Å²) in [7, 11) is -4.01. The summed E-state index contributed by atoms with van der Waals surface area (Å²) in [4.78, 5) is 13.5. The number of esters is 1. The first kappa shape index (κ1) is 25.3. The summed E-state index contributed by atoms with van der Waals surface area (Å²) < 4.78 is 51.7. The van der Waals surface area contributed by atoms with Gasteiger partial charge in [0.05, 0.1) is 16.6 Å². The number of aryl methyl sites for hydroxylation is 1. The second kappa shape index (κ2) is 8.78. The third kappa shape index (κ3) is 3.95. The lowest BCUT2D eigenvalue weighted by Crippen LogP contribution is -2.51. The molecule has 198 valence electrons. The number of unbranched alkanes of at least 4 members (excludes halogenated alkanes) is 1. The number of carbonyl (C=O) groups is 1. The van der Waals surface area contributed by atoms with Crippen molar-refractivity contribution in [2.75, 3.05) is 0 Å². The summed E-state index contributed by atoms with van der Waals surface area (Å²) in [6, 6.07) is 13.3. The molecule has 4 aliphatic rings. The first-order valence-electron chi connectivity index (χ1n) is 12.9. The van der Waals surface area contributed by atoms with Gasteiger partial charge in [-0.3, -0.25) is 4.18 Å². The van der Waals surface area contributed by atoms with Crippen molar-refractivity contribution in [2.24, 2.45) is 23.7 Å². The van der Waals surface area contributed by atoms with Crippen molar-refractivity contribution in [3.05, 3.63) is 64.7 Å². The molecule has 4 fully saturated rings. The van der Waals surface area contributed by atoms with E-state index in [-0.39, 0.29) is 34.7 Å². The van der Waals surface area contributed by atoms with Crippen LogP contribution in [0.4, 0.5) is 0 Å². The molecule has 0 unspecified atom stereocenters. The molecule has 0 aromatic heterocycles. The molecule has 0 N–H and O–H groups in total. The summed E-state index contributed by atoms with van der Waals surface area (Å²) in [6.45, 7) is 5.85. The molecular formula is C28H31ClO7S. The first-order chi connectivity index (χ1) is 17.6. The highest BCUT2D eigenvalue weighted by Crippen LogP contribution is 2.72. The van der Waals surface area contributed by atoms with Crippen molar-refractivity contribution >= 4 is 27.7 Å². The van der Waals surface area contributed by atoms with Gasteiger partial charge in [-0.25, -0.2) is 4.79 Å². The van der Waals surface area contributed by atoms with Crippen LogP contribution in [0.1, 0.15) is 55.5 Å². The molecule has 2 aliphatic carbocycles. The minimum Gasteiger partial charge on any atom is -0.429 e. The van der Waals surface area contributed by atoms with Gasteiger partial charge in [-0.05, 0) is 68.9 Å². The molecule has 37 heavy (non-hydrogen) atoms. The lowest BCUT2D eigenvalue weighted by molar-refractivity contribution is -0.323. The lowest BCUT2D eigenvalue weighted by Gasteiger charge is -2.42. The van der Waals surface area contributed by atoms with Crippen LogP contribution in [0.5, 0.6) is 0 Å². The van der Waals surface area contributed by atoms with Gasteiger partial charge in [0.2, 0.25) is 5.79 Å². The molecule has 2 aliphatic heterocycles. The van der Waals surface area contributed by atoms with E-state index in [0.717, 1.165) is 24.8 Å². The van der Waals surface area contributed by atoms with E-state index in [1.807, 2.05) is 13.8 Å². The van der Waals surface area contributed by atoms with Gasteiger partial charge in [-0.2, -0.15) is 8.42 Å². The molecule has 0 radical (unpaired) electrons. The maximum Gasteiger partial charge on any atom is 0.340 e. The van der Waals surface area contributed by atoms with Gasteiger partial charge in [0.15, 0.2) is 5.79 Å². The topological polar surface area (TPSA) is 88.1 Å². The van der Waals surface area contributed by atoms with Crippen molar-refractivity contribution in [3.63, 3.8) is 0 Å². The quantitative estimate of drug-likeness (QED) is 0.319. The normalized spacial score (nSPS) is 37.3. The number of carbonyl (C=O) groups excluding carboxylic acids is 1.